The summed E-state index contributed by atoms with van der Waals surface area (Å²) in [7, 11) is 1.57. The van der Waals surface area contributed by atoms with Gasteiger partial charge in [-0.05, 0) is 55.4 Å². The van der Waals surface area contributed by atoms with Crippen LogP contribution in [0.4, 0.5) is 0 Å². The lowest BCUT2D eigenvalue weighted by Gasteiger charge is -2.23. The molecule has 2 amide bonds. The maximum absolute atomic E-state index is 12.4. The monoisotopic (exact) mass is 427 g/mol. The van der Waals surface area contributed by atoms with Gasteiger partial charge < -0.3 is 20.1 Å². The molecule has 0 spiro atoms. The van der Waals surface area contributed by atoms with Crippen LogP contribution in [0.5, 0.6) is 5.75 Å². The summed E-state index contributed by atoms with van der Waals surface area (Å²) in [6.45, 7) is 4.68. The number of ether oxygens (including phenoxy) is 2. The lowest BCUT2D eigenvalue weighted by atomic mass is 9.98. The summed E-state index contributed by atoms with van der Waals surface area (Å²) < 4.78 is 10.2. The van der Waals surface area contributed by atoms with Crippen molar-refractivity contribution in [3.63, 3.8) is 0 Å². The summed E-state index contributed by atoms with van der Waals surface area (Å²) >= 11 is 0. The molecule has 1 aromatic carbocycles. The van der Waals surface area contributed by atoms with Crippen molar-refractivity contribution in [2.75, 3.05) is 13.7 Å². The molecular weight excluding hydrogens is 398 g/mol. The molecule has 1 aromatic rings. The first-order valence-corrected chi connectivity index (χ1v) is 10.2. The van der Waals surface area contributed by atoms with Gasteiger partial charge in [0.05, 0.1) is 13.2 Å². The second-order valence-corrected chi connectivity index (χ2v) is 8.08. The largest absolute Gasteiger partial charge is 0.497 e. The number of amides is 2. The van der Waals surface area contributed by atoms with Gasteiger partial charge in [-0.3, -0.25) is 9.59 Å². The summed E-state index contributed by atoms with van der Waals surface area (Å²) in [6, 6.07) is 8.35. The van der Waals surface area contributed by atoms with Crippen LogP contribution in [0, 0.1) is 23.2 Å². The van der Waals surface area contributed by atoms with E-state index in [2.05, 4.69) is 16.7 Å². The second kappa shape index (κ2) is 10.6. The van der Waals surface area contributed by atoms with Crippen LogP contribution in [0.25, 0.3) is 6.08 Å². The van der Waals surface area contributed by atoms with E-state index in [-0.39, 0.29) is 11.8 Å². The number of benzene rings is 1. The van der Waals surface area contributed by atoms with E-state index in [1.807, 2.05) is 0 Å². The number of nitriles is 1. The minimum atomic E-state index is -0.957. The van der Waals surface area contributed by atoms with E-state index in [4.69, 9.17) is 9.47 Å². The van der Waals surface area contributed by atoms with Crippen LogP contribution in [-0.2, 0) is 19.1 Å². The summed E-state index contributed by atoms with van der Waals surface area (Å²) in [6.07, 6.45) is 4.71. The Bertz CT molecular complexity index is 868. The van der Waals surface area contributed by atoms with Crippen molar-refractivity contribution in [1.82, 2.24) is 10.6 Å². The summed E-state index contributed by atoms with van der Waals surface area (Å²) in [4.78, 5) is 36.8. The second-order valence-electron chi connectivity index (χ2n) is 8.08. The molecule has 0 radical (unpaired) electrons. The number of esters is 1. The lowest BCUT2D eigenvalue weighted by molar-refractivity contribution is -0.152. The molecular formula is C23H29N3O5. The van der Waals surface area contributed by atoms with Gasteiger partial charge in [-0.25, -0.2) is 4.79 Å². The molecule has 8 nitrogen and oxygen atoms in total. The fraction of sp³-hybridized carbons (Fsp3) is 0.478. The van der Waals surface area contributed by atoms with Gasteiger partial charge in [0.2, 0.25) is 5.91 Å². The van der Waals surface area contributed by atoms with Crippen LogP contribution in [0.2, 0.25) is 0 Å². The van der Waals surface area contributed by atoms with E-state index in [1.165, 1.54) is 6.08 Å². The van der Waals surface area contributed by atoms with Crippen molar-refractivity contribution in [2.24, 2.45) is 11.8 Å². The fourth-order valence-electron chi connectivity index (χ4n) is 3.02. The van der Waals surface area contributed by atoms with Crippen LogP contribution in [0.1, 0.15) is 39.2 Å². The number of nitrogens with one attached hydrogen (secondary N) is 2. The zero-order chi connectivity index (χ0) is 23.0. The molecule has 0 heterocycles. The number of hydrogen-bond donors (Lipinski definition) is 2. The van der Waals surface area contributed by atoms with Gasteiger partial charge in [-0.1, -0.05) is 26.0 Å². The van der Waals surface area contributed by atoms with Crippen molar-refractivity contribution in [1.29, 1.82) is 5.26 Å². The maximum atomic E-state index is 12.4. The van der Waals surface area contributed by atoms with E-state index in [0.29, 0.717) is 5.75 Å². The molecule has 0 saturated heterocycles. The number of nitrogens with zero attached hydrogens (tertiary/aromatic N) is 1. The zero-order valence-electron chi connectivity index (χ0n) is 18.3. The molecule has 8 heteroatoms. The number of carbonyl (C=O) groups excluding carboxylic acids is 3. The van der Waals surface area contributed by atoms with Gasteiger partial charge in [0.25, 0.3) is 5.91 Å². The third-order valence-electron chi connectivity index (χ3n) is 5.13. The predicted molar refractivity (Wildman–Crippen MR) is 115 cm³/mol. The van der Waals surface area contributed by atoms with Gasteiger partial charge in [-0.2, -0.15) is 5.26 Å². The van der Waals surface area contributed by atoms with Gasteiger partial charge in [0, 0.05) is 6.08 Å². The molecule has 1 aliphatic rings. The fourth-order valence-corrected chi connectivity index (χ4v) is 3.02. The molecule has 1 saturated carbocycles. The van der Waals surface area contributed by atoms with Crippen LogP contribution in [0.15, 0.2) is 30.3 Å². The van der Waals surface area contributed by atoms with Gasteiger partial charge in [0.1, 0.15) is 17.3 Å². The molecule has 31 heavy (non-hydrogen) atoms. The molecule has 1 fully saturated rings. The molecule has 2 N–H and O–H groups in total. The average molecular weight is 428 g/mol. The van der Waals surface area contributed by atoms with E-state index < -0.39 is 36.0 Å². The Morgan fingerprint density at radius 1 is 1.26 bits per heavy atom. The zero-order valence-corrected chi connectivity index (χ0v) is 18.3. The number of carbonyl (C=O) groups is 3. The van der Waals surface area contributed by atoms with Gasteiger partial charge >= 0.3 is 5.97 Å². The third kappa shape index (κ3) is 7.14. The van der Waals surface area contributed by atoms with Crippen molar-refractivity contribution in [3.05, 3.63) is 35.9 Å². The van der Waals surface area contributed by atoms with Crippen LogP contribution < -0.4 is 15.4 Å². The molecule has 2 atom stereocenters. The molecule has 1 unspecified atom stereocenters. The van der Waals surface area contributed by atoms with E-state index in [9.17, 15) is 19.6 Å². The molecule has 2 rings (SSSR count). The number of methoxy groups -OCH3 is 1. The Morgan fingerprint density at radius 3 is 2.42 bits per heavy atom. The predicted octanol–water partition coefficient (Wildman–Crippen LogP) is 2.20. The smallest absolute Gasteiger partial charge is 0.329 e. The maximum Gasteiger partial charge on any atom is 0.329 e. The summed E-state index contributed by atoms with van der Waals surface area (Å²) in [5.74, 6) is -1.12. The molecule has 0 bridgehead atoms. The highest BCUT2D eigenvalue weighted by Gasteiger charge is 2.43. The van der Waals surface area contributed by atoms with Gasteiger partial charge in [-0.15, -0.1) is 0 Å². The highest BCUT2D eigenvalue weighted by Crippen LogP contribution is 2.39. The van der Waals surface area contributed by atoms with Crippen molar-refractivity contribution >= 4 is 23.9 Å². The first kappa shape index (κ1) is 23.9. The Morgan fingerprint density at radius 2 is 1.90 bits per heavy atom. The minimum Gasteiger partial charge on any atom is -0.497 e. The van der Waals surface area contributed by atoms with Crippen LogP contribution >= 0.6 is 0 Å². The topological polar surface area (TPSA) is 118 Å². The highest BCUT2D eigenvalue weighted by molar-refractivity contribution is 5.95. The Labute approximate surface area is 182 Å². The molecule has 0 aliphatic heterocycles. The lowest BCUT2D eigenvalue weighted by Crippen LogP contribution is -2.49. The van der Waals surface area contributed by atoms with Crippen molar-refractivity contribution < 1.29 is 23.9 Å². The van der Waals surface area contributed by atoms with E-state index in [1.54, 1.807) is 58.2 Å². The Kier molecular flexibility index (Phi) is 8.20. The molecule has 1 aliphatic carbocycles. The average Bonchev–Trinajstić information content (AvgIpc) is 3.60. The van der Waals surface area contributed by atoms with Crippen LogP contribution in [0.3, 0.4) is 0 Å². The number of hydrogen-bond acceptors (Lipinski definition) is 6. The van der Waals surface area contributed by atoms with E-state index >= 15 is 0 Å². The molecule has 166 valence electrons. The van der Waals surface area contributed by atoms with Crippen LogP contribution in [-0.4, -0.2) is 43.1 Å². The van der Waals surface area contributed by atoms with E-state index in [0.717, 1.165) is 18.4 Å². The highest BCUT2D eigenvalue weighted by atomic mass is 16.5. The first-order valence-electron chi connectivity index (χ1n) is 10.2. The minimum absolute atomic E-state index is 0.123. The Balaban J connectivity index is 1.87. The number of rotatable bonds is 10. The SMILES string of the molecule is COc1ccc(/C=C/C(=O)N[C@H](C(=O)OCC(=O)NC(C)(C#N)C2CC2)C(C)C)cc1. The van der Waals surface area contributed by atoms with Crippen molar-refractivity contribution in [3.8, 4) is 11.8 Å². The summed E-state index contributed by atoms with van der Waals surface area (Å²) in [5, 5.41) is 14.6. The Hall–Kier alpha value is -3.34. The standard InChI is InChI=1S/C23H29N3O5/c1-15(2)21(25-19(27)12-7-16-5-10-18(30-4)11-6-16)22(29)31-13-20(28)26-23(3,14-24)17-8-9-17/h5-7,10-12,15,17,21H,8-9,13H2,1-4H3,(H,25,27)(H,26,28)/b12-7+/t21-,23?/m0/s1. The summed E-state index contributed by atoms with van der Waals surface area (Å²) in [5.41, 5.74) is -0.158. The third-order valence-corrected chi connectivity index (χ3v) is 5.13. The molecule has 0 aromatic heterocycles. The van der Waals surface area contributed by atoms with Gasteiger partial charge in [0.15, 0.2) is 6.61 Å². The normalized spacial score (nSPS) is 16.1. The van der Waals surface area contributed by atoms with Crippen molar-refractivity contribution in [2.45, 2.75) is 45.2 Å². The quantitative estimate of drug-likeness (QED) is 0.437. The first-order chi connectivity index (χ1) is 14.7.